The minimum Gasteiger partial charge on any atom is -0.378 e. The highest BCUT2D eigenvalue weighted by atomic mass is 16.5. The smallest absolute Gasteiger partial charge is 0.229 e. The Morgan fingerprint density at radius 3 is 2.47 bits per heavy atom. The van der Waals surface area contributed by atoms with E-state index in [1.54, 1.807) is 0 Å². The zero-order valence-corrected chi connectivity index (χ0v) is 16.5. The first kappa shape index (κ1) is 17.6. The molecule has 6 rings (SSSR count). The highest BCUT2D eigenvalue weighted by Gasteiger charge is 2.23. The monoisotopic (exact) mass is 406 g/mol. The van der Waals surface area contributed by atoms with Crippen LogP contribution in [-0.4, -0.2) is 82.5 Å². The number of aromatic amines is 2. The van der Waals surface area contributed by atoms with Gasteiger partial charge in [0.25, 0.3) is 0 Å². The van der Waals surface area contributed by atoms with Crippen LogP contribution in [0.2, 0.25) is 0 Å². The summed E-state index contributed by atoms with van der Waals surface area (Å²) in [6, 6.07) is 4.00. The normalized spacial score (nSPS) is 17.9. The predicted octanol–water partition coefficient (Wildman–Crippen LogP) is 1.57. The van der Waals surface area contributed by atoms with Crippen molar-refractivity contribution < 1.29 is 9.47 Å². The second kappa shape index (κ2) is 7.22. The van der Waals surface area contributed by atoms with Crippen LogP contribution in [0.4, 0.5) is 11.8 Å². The van der Waals surface area contributed by atoms with Gasteiger partial charge in [-0.25, -0.2) is 4.98 Å². The van der Waals surface area contributed by atoms with Crippen LogP contribution >= 0.6 is 0 Å². The third-order valence-corrected chi connectivity index (χ3v) is 5.59. The molecule has 2 aliphatic heterocycles. The molecule has 0 unspecified atom stereocenters. The molecule has 0 radical (unpaired) electrons. The lowest BCUT2D eigenvalue weighted by Gasteiger charge is -2.30. The maximum absolute atomic E-state index is 5.54. The van der Waals surface area contributed by atoms with E-state index in [2.05, 4.69) is 24.8 Å². The highest BCUT2D eigenvalue weighted by Crippen LogP contribution is 2.29. The van der Waals surface area contributed by atoms with Crippen molar-refractivity contribution in [2.75, 3.05) is 62.4 Å². The van der Waals surface area contributed by atoms with Crippen molar-refractivity contribution in [1.82, 2.24) is 29.9 Å². The summed E-state index contributed by atoms with van der Waals surface area (Å²) in [5.74, 6) is 2.29. The van der Waals surface area contributed by atoms with E-state index in [4.69, 9.17) is 24.4 Å². The number of aromatic nitrogens is 6. The minimum atomic E-state index is 0.684. The molecule has 0 aromatic carbocycles. The molecular formula is C20H22N8O2. The van der Waals surface area contributed by atoms with E-state index in [-0.39, 0.29) is 0 Å². The molecule has 0 spiro atoms. The van der Waals surface area contributed by atoms with Gasteiger partial charge in [0.1, 0.15) is 5.82 Å². The Morgan fingerprint density at radius 2 is 1.67 bits per heavy atom. The molecule has 4 aromatic heterocycles. The largest absolute Gasteiger partial charge is 0.378 e. The summed E-state index contributed by atoms with van der Waals surface area (Å²) in [5.41, 5.74) is 4.31. The number of H-pyrrole nitrogens is 2. The molecule has 0 aliphatic carbocycles. The van der Waals surface area contributed by atoms with Crippen LogP contribution in [0.3, 0.4) is 0 Å². The van der Waals surface area contributed by atoms with Crippen LogP contribution < -0.4 is 9.80 Å². The molecule has 0 amide bonds. The van der Waals surface area contributed by atoms with E-state index in [1.807, 2.05) is 24.5 Å². The summed E-state index contributed by atoms with van der Waals surface area (Å²) in [7, 11) is 0. The molecule has 2 N–H and O–H groups in total. The lowest BCUT2D eigenvalue weighted by molar-refractivity contribution is 0.121. The topological polar surface area (TPSA) is 108 Å². The van der Waals surface area contributed by atoms with Gasteiger partial charge in [-0.1, -0.05) is 0 Å². The quantitative estimate of drug-likeness (QED) is 0.528. The Labute approximate surface area is 172 Å². The van der Waals surface area contributed by atoms with Crippen molar-refractivity contribution in [2.45, 2.75) is 0 Å². The van der Waals surface area contributed by atoms with Crippen LogP contribution in [-0.2, 0) is 9.47 Å². The molecule has 0 bridgehead atoms. The molecule has 2 fully saturated rings. The number of nitrogens with zero attached hydrogens (tertiary/aromatic N) is 6. The second-order valence-corrected chi connectivity index (χ2v) is 7.46. The molecule has 6 heterocycles. The van der Waals surface area contributed by atoms with Gasteiger partial charge in [-0.15, -0.1) is 0 Å². The van der Waals surface area contributed by atoms with Crippen LogP contribution in [0.5, 0.6) is 0 Å². The maximum Gasteiger partial charge on any atom is 0.229 e. The number of hydrogen-bond acceptors (Lipinski definition) is 8. The van der Waals surface area contributed by atoms with Gasteiger partial charge in [0.15, 0.2) is 17.0 Å². The Kier molecular flexibility index (Phi) is 4.24. The number of ether oxygens (including phenoxy) is 2. The van der Waals surface area contributed by atoms with Crippen LogP contribution in [0.1, 0.15) is 0 Å². The standard InChI is InChI=1S/C20H22N8O2/c1-2-21-15-11-13(12-22-14(1)15)17-23-16-18(24-17)25-20(28-5-9-30-10-6-28)26-19(16)27-3-7-29-8-4-27/h1-2,11-12,21H,3-10H2,(H,23,24,25,26). The molecule has 2 aliphatic rings. The second-order valence-electron chi connectivity index (χ2n) is 7.46. The Bertz CT molecular complexity index is 1190. The molecule has 30 heavy (non-hydrogen) atoms. The van der Waals surface area contributed by atoms with E-state index in [0.717, 1.165) is 65.6 Å². The van der Waals surface area contributed by atoms with Crippen LogP contribution in [0.25, 0.3) is 33.6 Å². The fourth-order valence-corrected chi connectivity index (χ4v) is 3.97. The maximum atomic E-state index is 5.54. The van der Waals surface area contributed by atoms with Crippen molar-refractivity contribution in [3.8, 4) is 11.4 Å². The first-order valence-electron chi connectivity index (χ1n) is 10.2. The van der Waals surface area contributed by atoms with Crippen molar-refractivity contribution in [3.63, 3.8) is 0 Å². The lowest BCUT2D eigenvalue weighted by Crippen LogP contribution is -2.39. The number of hydrogen-bond donors (Lipinski definition) is 2. The van der Waals surface area contributed by atoms with Gasteiger partial charge in [0.2, 0.25) is 5.95 Å². The molecule has 4 aromatic rings. The summed E-state index contributed by atoms with van der Waals surface area (Å²) >= 11 is 0. The molecular weight excluding hydrogens is 384 g/mol. The first-order valence-corrected chi connectivity index (χ1v) is 10.2. The molecule has 0 saturated carbocycles. The third kappa shape index (κ3) is 3.04. The predicted molar refractivity (Wildman–Crippen MR) is 113 cm³/mol. The lowest BCUT2D eigenvalue weighted by atomic mass is 10.2. The fourth-order valence-electron chi connectivity index (χ4n) is 3.97. The number of rotatable bonds is 3. The van der Waals surface area contributed by atoms with E-state index in [9.17, 15) is 0 Å². The summed E-state index contributed by atoms with van der Waals surface area (Å²) in [5, 5.41) is 0. The van der Waals surface area contributed by atoms with Crippen LogP contribution in [0, 0.1) is 0 Å². The fraction of sp³-hybridized carbons (Fsp3) is 0.400. The number of morpholine rings is 2. The molecule has 10 nitrogen and oxygen atoms in total. The van der Waals surface area contributed by atoms with Gasteiger partial charge in [0, 0.05) is 44.1 Å². The average Bonchev–Trinajstić information content (AvgIpc) is 3.46. The van der Waals surface area contributed by atoms with E-state index >= 15 is 0 Å². The molecule has 0 atom stereocenters. The number of pyridine rings is 1. The third-order valence-electron chi connectivity index (χ3n) is 5.59. The Morgan fingerprint density at radius 1 is 0.900 bits per heavy atom. The highest BCUT2D eigenvalue weighted by molar-refractivity contribution is 5.88. The molecule has 2 saturated heterocycles. The van der Waals surface area contributed by atoms with E-state index in [1.165, 1.54) is 0 Å². The summed E-state index contributed by atoms with van der Waals surface area (Å²) < 4.78 is 11.0. The Hall–Kier alpha value is -3.24. The molecule has 10 heteroatoms. The Balaban J connectivity index is 1.47. The zero-order valence-electron chi connectivity index (χ0n) is 16.5. The van der Waals surface area contributed by atoms with Gasteiger partial charge in [0.05, 0.1) is 37.5 Å². The summed E-state index contributed by atoms with van der Waals surface area (Å²) in [6.07, 6.45) is 3.72. The van der Waals surface area contributed by atoms with Gasteiger partial charge >= 0.3 is 0 Å². The van der Waals surface area contributed by atoms with Crippen molar-refractivity contribution in [1.29, 1.82) is 0 Å². The first-order chi connectivity index (χ1) is 14.8. The molecule has 154 valence electrons. The summed E-state index contributed by atoms with van der Waals surface area (Å²) in [6.45, 7) is 5.87. The number of fused-ring (bicyclic) bond motifs is 2. The number of nitrogens with one attached hydrogen (secondary N) is 2. The number of imidazole rings is 1. The number of anilines is 2. The van der Waals surface area contributed by atoms with E-state index in [0.29, 0.717) is 32.4 Å². The minimum absolute atomic E-state index is 0.684. The van der Waals surface area contributed by atoms with Crippen molar-refractivity contribution in [2.24, 2.45) is 0 Å². The van der Waals surface area contributed by atoms with Gasteiger partial charge < -0.3 is 29.2 Å². The average molecular weight is 406 g/mol. The SMILES string of the molecule is c1cc2ncc(-c3nc4c(N5CCOCC5)nc(N5CCOCC5)nc4[nH]3)cc2[nH]1. The van der Waals surface area contributed by atoms with Gasteiger partial charge in [-0.2, -0.15) is 9.97 Å². The van der Waals surface area contributed by atoms with Crippen molar-refractivity contribution >= 4 is 34.0 Å². The van der Waals surface area contributed by atoms with Crippen molar-refractivity contribution in [3.05, 3.63) is 24.5 Å². The van der Waals surface area contributed by atoms with Crippen LogP contribution in [0.15, 0.2) is 24.5 Å². The van der Waals surface area contributed by atoms with Gasteiger partial charge in [-0.3, -0.25) is 4.98 Å². The zero-order chi connectivity index (χ0) is 19.9. The van der Waals surface area contributed by atoms with Gasteiger partial charge in [-0.05, 0) is 12.1 Å². The van der Waals surface area contributed by atoms with E-state index < -0.39 is 0 Å². The summed E-state index contributed by atoms with van der Waals surface area (Å²) in [4.78, 5) is 30.1.